The van der Waals surface area contributed by atoms with Gasteiger partial charge in [0.2, 0.25) is 0 Å². The molecule has 0 heterocycles. The van der Waals surface area contributed by atoms with E-state index in [0.29, 0.717) is 0 Å². The summed E-state index contributed by atoms with van der Waals surface area (Å²) in [6.07, 6.45) is 7.95. The van der Waals surface area contributed by atoms with Crippen LogP contribution in [-0.2, 0) is 4.74 Å². The first-order valence-electron chi connectivity index (χ1n) is 6.80. The van der Waals surface area contributed by atoms with E-state index in [9.17, 15) is 0 Å². The maximum atomic E-state index is 8.68. The molecule has 94 valence electrons. The molecule has 0 amide bonds. The van der Waals surface area contributed by atoms with E-state index in [1.54, 1.807) is 4.44 Å². The van der Waals surface area contributed by atoms with Gasteiger partial charge in [-0.05, 0) is 0 Å². The summed E-state index contributed by atoms with van der Waals surface area (Å²) in [5.41, 5.74) is 0. The van der Waals surface area contributed by atoms with Gasteiger partial charge in [-0.2, -0.15) is 0 Å². The zero-order valence-corrected chi connectivity index (χ0v) is 13.4. The molecular weight excluding hydrogens is 307 g/mol. The van der Waals surface area contributed by atoms with Gasteiger partial charge in [0.25, 0.3) is 0 Å². The number of unbranched alkanes of at least 4 members (excludes halogenated alkanes) is 1. The SMILES string of the molecule is CCC[CH2][Sn][CH]1CCCC1COCCCO. The number of hydrogen-bond donors (Lipinski definition) is 1. The molecule has 2 radical (unpaired) electrons. The van der Waals surface area contributed by atoms with E-state index in [4.69, 9.17) is 9.84 Å². The summed E-state index contributed by atoms with van der Waals surface area (Å²) >= 11 is -0.118. The van der Waals surface area contributed by atoms with Crippen LogP contribution in [0.4, 0.5) is 0 Å². The van der Waals surface area contributed by atoms with E-state index in [0.717, 1.165) is 29.5 Å². The molecular formula is C13H26O2Sn. The topological polar surface area (TPSA) is 29.5 Å². The van der Waals surface area contributed by atoms with Crippen molar-refractivity contribution in [1.82, 2.24) is 0 Å². The summed E-state index contributed by atoms with van der Waals surface area (Å²) in [5.74, 6) is 0.877. The van der Waals surface area contributed by atoms with E-state index >= 15 is 0 Å². The van der Waals surface area contributed by atoms with Gasteiger partial charge in [-0.15, -0.1) is 0 Å². The number of aliphatic hydroxyl groups excluding tert-OH is 1. The van der Waals surface area contributed by atoms with Crippen LogP contribution in [-0.4, -0.2) is 46.1 Å². The van der Waals surface area contributed by atoms with Crippen molar-refractivity contribution in [3.8, 4) is 0 Å². The molecule has 0 aromatic heterocycles. The second-order valence-corrected chi connectivity index (χ2v) is 9.47. The summed E-state index contributed by atoms with van der Waals surface area (Å²) < 4.78 is 8.32. The van der Waals surface area contributed by atoms with Crippen molar-refractivity contribution in [1.29, 1.82) is 0 Å². The summed E-state index contributed by atoms with van der Waals surface area (Å²) in [5, 5.41) is 8.68. The van der Waals surface area contributed by atoms with Crippen LogP contribution >= 0.6 is 0 Å². The summed E-state index contributed by atoms with van der Waals surface area (Å²) in [7, 11) is 0. The average molecular weight is 333 g/mol. The Morgan fingerprint density at radius 3 is 2.94 bits per heavy atom. The third-order valence-corrected chi connectivity index (χ3v) is 8.87. The van der Waals surface area contributed by atoms with Crippen LogP contribution in [0, 0.1) is 5.92 Å². The fourth-order valence-electron chi connectivity index (χ4n) is 2.37. The maximum absolute atomic E-state index is 8.68. The molecule has 1 aliphatic carbocycles. The molecule has 1 saturated carbocycles. The Kier molecular flexibility index (Phi) is 8.98. The Labute approximate surface area is 110 Å². The summed E-state index contributed by atoms with van der Waals surface area (Å²) in [6.45, 7) is 4.28. The predicted octanol–water partition coefficient (Wildman–Crippen LogP) is 2.90. The summed E-state index contributed by atoms with van der Waals surface area (Å²) in [6, 6.07) is 0. The molecule has 1 aliphatic rings. The van der Waals surface area contributed by atoms with E-state index in [2.05, 4.69) is 6.92 Å². The third-order valence-electron chi connectivity index (χ3n) is 3.37. The van der Waals surface area contributed by atoms with Crippen LogP contribution in [0.3, 0.4) is 0 Å². The quantitative estimate of drug-likeness (QED) is 0.519. The molecule has 1 fully saturated rings. The number of ether oxygens (including phenoxy) is 1. The Bertz CT molecular complexity index is 164. The average Bonchev–Trinajstić information content (AvgIpc) is 2.73. The first-order chi connectivity index (χ1) is 7.88. The van der Waals surface area contributed by atoms with Crippen molar-refractivity contribution >= 4 is 21.1 Å². The van der Waals surface area contributed by atoms with E-state index < -0.39 is 0 Å². The van der Waals surface area contributed by atoms with Crippen molar-refractivity contribution in [2.24, 2.45) is 5.92 Å². The van der Waals surface area contributed by atoms with Crippen molar-refractivity contribution in [2.45, 2.75) is 53.8 Å². The molecule has 0 spiro atoms. The minimum absolute atomic E-state index is 0.118. The number of hydrogen-bond acceptors (Lipinski definition) is 2. The van der Waals surface area contributed by atoms with Gasteiger partial charge < -0.3 is 0 Å². The first kappa shape index (κ1) is 14.8. The molecule has 2 unspecified atom stereocenters. The molecule has 3 heteroatoms. The van der Waals surface area contributed by atoms with Crippen molar-refractivity contribution < 1.29 is 9.84 Å². The predicted molar refractivity (Wildman–Crippen MR) is 69.1 cm³/mol. The van der Waals surface area contributed by atoms with Crippen molar-refractivity contribution in [2.75, 3.05) is 19.8 Å². The molecule has 1 rings (SSSR count). The molecule has 1 N–H and O–H groups in total. The van der Waals surface area contributed by atoms with Gasteiger partial charge in [0.05, 0.1) is 0 Å². The Hall–Kier alpha value is 0.719. The van der Waals surface area contributed by atoms with Crippen LogP contribution in [0.2, 0.25) is 8.37 Å². The number of rotatable bonds is 9. The normalized spacial score (nSPS) is 25.1. The molecule has 2 nitrogen and oxygen atoms in total. The van der Waals surface area contributed by atoms with Gasteiger partial charge in [-0.3, -0.25) is 0 Å². The van der Waals surface area contributed by atoms with Gasteiger partial charge in [0.15, 0.2) is 0 Å². The van der Waals surface area contributed by atoms with Crippen LogP contribution < -0.4 is 0 Å². The van der Waals surface area contributed by atoms with Crippen LogP contribution in [0.5, 0.6) is 0 Å². The van der Waals surface area contributed by atoms with E-state index in [-0.39, 0.29) is 27.7 Å². The van der Waals surface area contributed by atoms with E-state index in [1.807, 2.05) is 0 Å². The second kappa shape index (κ2) is 9.72. The monoisotopic (exact) mass is 334 g/mol. The van der Waals surface area contributed by atoms with Crippen LogP contribution in [0.1, 0.15) is 45.4 Å². The summed E-state index contributed by atoms with van der Waals surface area (Å²) in [4.78, 5) is 0. The standard InChI is InChI=1S/C9H17O2.C4H9.Sn/c10-6-3-7-11-8-9-4-1-2-5-9;1-3-4-2;/h4,9-10H,1-3,5-8H2;1,3-4H2,2H3;. The molecule has 0 aromatic rings. The van der Waals surface area contributed by atoms with E-state index in [1.165, 1.54) is 32.1 Å². The van der Waals surface area contributed by atoms with Crippen LogP contribution in [0.15, 0.2) is 0 Å². The molecule has 2 atom stereocenters. The van der Waals surface area contributed by atoms with Gasteiger partial charge in [0, 0.05) is 0 Å². The fraction of sp³-hybridized carbons (Fsp3) is 1.00. The Morgan fingerprint density at radius 1 is 1.31 bits per heavy atom. The fourth-order valence-corrected chi connectivity index (χ4v) is 7.89. The molecule has 0 aromatic carbocycles. The van der Waals surface area contributed by atoms with Gasteiger partial charge in [0.1, 0.15) is 0 Å². The van der Waals surface area contributed by atoms with Gasteiger partial charge >= 0.3 is 111 Å². The van der Waals surface area contributed by atoms with Crippen molar-refractivity contribution in [3.63, 3.8) is 0 Å². The van der Waals surface area contributed by atoms with Gasteiger partial charge in [-0.25, -0.2) is 0 Å². The zero-order chi connectivity index (χ0) is 11.6. The first-order valence-corrected chi connectivity index (χ1v) is 10.5. The zero-order valence-electron chi connectivity index (χ0n) is 10.6. The van der Waals surface area contributed by atoms with Gasteiger partial charge in [-0.1, -0.05) is 0 Å². The molecule has 0 saturated heterocycles. The van der Waals surface area contributed by atoms with Crippen LogP contribution in [0.25, 0.3) is 0 Å². The molecule has 0 aliphatic heterocycles. The molecule has 16 heavy (non-hydrogen) atoms. The molecule has 0 bridgehead atoms. The Morgan fingerprint density at radius 2 is 2.19 bits per heavy atom. The minimum atomic E-state index is -0.118. The van der Waals surface area contributed by atoms with Crippen molar-refractivity contribution in [3.05, 3.63) is 0 Å². The Balaban J connectivity index is 2.08. The third kappa shape index (κ3) is 5.87. The number of aliphatic hydroxyl groups is 1. The second-order valence-electron chi connectivity index (χ2n) is 4.76.